The van der Waals surface area contributed by atoms with Crippen LogP contribution in [0.5, 0.6) is 0 Å². The van der Waals surface area contributed by atoms with Crippen LogP contribution < -0.4 is 0 Å². The molecular weight excluding hydrogens is 230 g/mol. The lowest BCUT2D eigenvalue weighted by Crippen LogP contribution is -2.39. The van der Waals surface area contributed by atoms with Gasteiger partial charge in [-0.05, 0) is 33.6 Å². The lowest BCUT2D eigenvalue weighted by molar-refractivity contribution is 0.0233. The van der Waals surface area contributed by atoms with Crippen molar-refractivity contribution in [2.75, 3.05) is 19.7 Å². The van der Waals surface area contributed by atoms with Crippen LogP contribution in [0.25, 0.3) is 0 Å². The zero-order valence-electron chi connectivity index (χ0n) is 12.9. The number of rotatable bonds is 0. The molecule has 1 heterocycles. The summed E-state index contributed by atoms with van der Waals surface area (Å²) in [6.45, 7) is 15.7. The first-order valence-corrected chi connectivity index (χ1v) is 6.89. The third kappa shape index (κ3) is 6.24. The van der Waals surface area contributed by atoms with E-state index in [9.17, 15) is 4.79 Å². The Bertz CT molecular complexity index is 248. The van der Waals surface area contributed by atoms with E-state index in [1.807, 2.05) is 41.5 Å². The SMILES string of the molecule is CC.CC1CN(C(=O)OC(C)(C)C)CCOC1C. The van der Waals surface area contributed by atoms with Crippen LogP contribution in [0.2, 0.25) is 0 Å². The predicted molar refractivity (Wildman–Crippen MR) is 73.7 cm³/mol. The maximum atomic E-state index is 11.9. The van der Waals surface area contributed by atoms with Gasteiger partial charge in [-0.3, -0.25) is 0 Å². The van der Waals surface area contributed by atoms with Gasteiger partial charge in [-0.1, -0.05) is 20.8 Å². The van der Waals surface area contributed by atoms with Gasteiger partial charge in [-0.25, -0.2) is 4.79 Å². The van der Waals surface area contributed by atoms with Crippen LogP contribution in [0.1, 0.15) is 48.5 Å². The normalized spacial score (nSPS) is 24.7. The first-order valence-electron chi connectivity index (χ1n) is 6.89. The standard InChI is InChI=1S/C12H23NO3.C2H6/c1-9-8-13(6-7-15-10(9)2)11(14)16-12(3,4)5;1-2/h9-10H,6-8H2,1-5H3;1-2H3. The minimum atomic E-state index is -0.431. The first-order chi connectivity index (χ1) is 8.29. The summed E-state index contributed by atoms with van der Waals surface area (Å²) in [6, 6.07) is 0. The average Bonchev–Trinajstić information content (AvgIpc) is 2.42. The van der Waals surface area contributed by atoms with E-state index in [2.05, 4.69) is 6.92 Å². The highest BCUT2D eigenvalue weighted by Crippen LogP contribution is 2.16. The van der Waals surface area contributed by atoms with Crippen molar-refractivity contribution < 1.29 is 14.3 Å². The minimum absolute atomic E-state index is 0.201. The minimum Gasteiger partial charge on any atom is -0.444 e. The molecule has 1 aliphatic rings. The molecule has 0 N–H and O–H groups in total. The fourth-order valence-electron chi connectivity index (χ4n) is 1.59. The fraction of sp³-hybridized carbons (Fsp3) is 0.929. The van der Waals surface area contributed by atoms with E-state index in [0.29, 0.717) is 25.6 Å². The maximum absolute atomic E-state index is 11.9. The third-order valence-corrected chi connectivity index (χ3v) is 2.70. The second kappa shape index (κ2) is 7.62. The van der Waals surface area contributed by atoms with Crippen molar-refractivity contribution in [3.05, 3.63) is 0 Å². The molecule has 1 fully saturated rings. The molecule has 1 rings (SSSR count). The molecule has 2 atom stereocenters. The molecule has 0 saturated carbocycles. The summed E-state index contributed by atoms with van der Waals surface area (Å²) in [5, 5.41) is 0. The molecule has 0 aliphatic carbocycles. The van der Waals surface area contributed by atoms with Crippen molar-refractivity contribution in [3.8, 4) is 0 Å². The molecule has 4 nitrogen and oxygen atoms in total. The molecule has 0 aromatic rings. The Morgan fingerprint density at radius 1 is 1.28 bits per heavy atom. The van der Waals surface area contributed by atoms with E-state index in [1.54, 1.807) is 4.90 Å². The summed E-state index contributed by atoms with van der Waals surface area (Å²) in [6.07, 6.45) is -0.0375. The van der Waals surface area contributed by atoms with Crippen molar-refractivity contribution in [1.82, 2.24) is 4.90 Å². The van der Waals surface area contributed by atoms with Crippen molar-refractivity contribution >= 4 is 6.09 Å². The van der Waals surface area contributed by atoms with Gasteiger partial charge in [-0.15, -0.1) is 0 Å². The van der Waals surface area contributed by atoms with Crippen LogP contribution in [0.4, 0.5) is 4.79 Å². The van der Waals surface area contributed by atoms with Crippen molar-refractivity contribution in [3.63, 3.8) is 0 Å². The zero-order chi connectivity index (χ0) is 14.3. The van der Waals surface area contributed by atoms with E-state index in [1.165, 1.54) is 0 Å². The fourth-order valence-corrected chi connectivity index (χ4v) is 1.59. The Hall–Kier alpha value is -0.770. The largest absolute Gasteiger partial charge is 0.444 e. The Morgan fingerprint density at radius 3 is 2.33 bits per heavy atom. The van der Waals surface area contributed by atoms with Crippen molar-refractivity contribution in [1.29, 1.82) is 0 Å². The second-order valence-corrected chi connectivity index (χ2v) is 5.48. The van der Waals surface area contributed by atoms with Gasteiger partial charge >= 0.3 is 6.09 Å². The molecule has 1 aliphatic heterocycles. The van der Waals surface area contributed by atoms with Gasteiger partial charge in [-0.2, -0.15) is 0 Å². The summed E-state index contributed by atoms with van der Waals surface area (Å²) in [7, 11) is 0. The van der Waals surface area contributed by atoms with Crippen LogP contribution in [0.3, 0.4) is 0 Å². The molecule has 0 aromatic carbocycles. The van der Waals surface area contributed by atoms with Crippen LogP contribution in [0.15, 0.2) is 0 Å². The number of ether oxygens (including phenoxy) is 2. The summed E-state index contributed by atoms with van der Waals surface area (Å²) < 4.78 is 10.9. The topological polar surface area (TPSA) is 38.8 Å². The summed E-state index contributed by atoms with van der Waals surface area (Å²) in [5.41, 5.74) is -0.431. The van der Waals surface area contributed by atoms with Gasteiger partial charge in [0.1, 0.15) is 5.60 Å². The number of hydrogen-bond donors (Lipinski definition) is 0. The predicted octanol–water partition coefficient (Wildman–Crippen LogP) is 3.30. The first kappa shape index (κ1) is 17.2. The summed E-state index contributed by atoms with van der Waals surface area (Å²) in [5.74, 6) is 0.343. The quantitative estimate of drug-likeness (QED) is 0.670. The van der Waals surface area contributed by atoms with Crippen LogP contribution >= 0.6 is 0 Å². The number of carbonyl (C=O) groups excluding carboxylic acids is 1. The van der Waals surface area contributed by atoms with E-state index in [-0.39, 0.29) is 12.2 Å². The highest BCUT2D eigenvalue weighted by molar-refractivity contribution is 5.68. The molecule has 0 radical (unpaired) electrons. The molecule has 18 heavy (non-hydrogen) atoms. The number of hydrogen-bond acceptors (Lipinski definition) is 3. The van der Waals surface area contributed by atoms with Gasteiger partial charge in [0, 0.05) is 13.1 Å². The molecule has 0 spiro atoms. The smallest absolute Gasteiger partial charge is 0.410 e. The van der Waals surface area contributed by atoms with Crippen LogP contribution in [0, 0.1) is 5.92 Å². The van der Waals surface area contributed by atoms with E-state index >= 15 is 0 Å². The molecule has 0 bridgehead atoms. The van der Waals surface area contributed by atoms with E-state index < -0.39 is 5.60 Å². The second-order valence-electron chi connectivity index (χ2n) is 5.48. The molecule has 1 saturated heterocycles. The van der Waals surface area contributed by atoms with Crippen molar-refractivity contribution in [2.45, 2.75) is 60.2 Å². The molecule has 2 unspecified atom stereocenters. The van der Waals surface area contributed by atoms with Gasteiger partial charge in [0.05, 0.1) is 12.7 Å². The van der Waals surface area contributed by atoms with Crippen LogP contribution in [-0.4, -0.2) is 42.4 Å². The van der Waals surface area contributed by atoms with Gasteiger partial charge < -0.3 is 14.4 Å². The number of carbonyl (C=O) groups is 1. The Labute approximate surface area is 112 Å². The van der Waals surface area contributed by atoms with Gasteiger partial charge in [0.15, 0.2) is 0 Å². The highest BCUT2D eigenvalue weighted by atomic mass is 16.6. The Morgan fingerprint density at radius 2 is 1.83 bits per heavy atom. The van der Waals surface area contributed by atoms with Crippen LogP contribution in [-0.2, 0) is 9.47 Å². The molecule has 4 heteroatoms. The maximum Gasteiger partial charge on any atom is 0.410 e. The number of amides is 1. The summed E-state index contributed by atoms with van der Waals surface area (Å²) in [4.78, 5) is 13.6. The highest BCUT2D eigenvalue weighted by Gasteiger charge is 2.27. The number of nitrogens with zero attached hydrogens (tertiary/aromatic N) is 1. The Balaban J connectivity index is 0.00000137. The average molecular weight is 259 g/mol. The summed E-state index contributed by atoms with van der Waals surface area (Å²) >= 11 is 0. The monoisotopic (exact) mass is 259 g/mol. The van der Waals surface area contributed by atoms with E-state index in [4.69, 9.17) is 9.47 Å². The molecule has 0 aromatic heterocycles. The molecule has 108 valence electrons. The third-order valence-electron chi connectivity index (χ3n) is 2.70. The lowest BCUT2D eigenvalue weighted by atomic mass is 10.1. The van der Waals surface area contributed by atoms with Crippen molar-refractivity contribution in [2.24, 2.45) is 5.92 Å². The zero-order valence-corrected chi connectivity index (χ0v) is 12.9. The Kier molecular flexibility index (Phi) is 7.29. The molecule has 1 amide bonds. The molecular formula is C14H29NO3. The van der Waals surface area contributed by atoms with E-state index in [0.717, 1.165) is 0 Å². The lowest BCUT2D eigenvalue weighted by Gasteiger charge is -2.27. The van der Waals surface area contributed by atoms with Gasteiger partial charge in [0.25, 0.3) is 0 Å². The van der Waals surface area contributed by atoms with Gasteiger partial charge in [0.2, 0.25) is 0 Å².